The van der Waals surface area contributed by atoms with Gasteiger partial charge in [0.05, 0.1) is 5.54 Å². The second kappa shape index (κ2) is 9.04. The molecule has 2 saturated heterocycles. The van der Waals surface area contributed by atoms with Gasteiger partial charge in [0.15, 0.2) is 0 Å². The standard InChI is InChI=1S/C20H29ClN4O2/c1-20(7-3-8-23-20)19(27)25(15-16-4-2-5-17(21)14-16)11-6-18(26)24-12-9-22-10-13-24/h2,4-5,14,22-23H,3,6-13,15H2,1H3/t20-/m1/s1. The molecule has 2 N–H and O–H groups in total. The number of halogens is 1. The highest BCUT2D eigenvalue weighted by molar-refractivity contribution is 6.30. The highest BCUT2D eigenvalue weighted by Crippen LogP contribution is 2.23. The number of nitrogens with one attached hydrogen (secondary N) is 2. The third-order valence-electron chi connectivity index (χ3n) is 5.46. The minimum absolute atomic E-state index is 0.0630. The van der Waals surface area contributed by atoms with E-state index in [4.69, 9.17) is 11.6 Å². The van der Waals surface area contributed by atoms with E-state index in [9.17, 15) is 9.59 Å². The summed E-state index contributed by atoms with van der Waals surface area (Å²) in [6, 6.07) is 7.56. The van der Waals surface area contributed by atoms with Crippen molar-refractivity contribution < 1.29 is 9.59 Å². The Hall–Kier alpha value is -1.63. The van der Waals surface area contributed by atoms with E-state index in [2.05, 4.69) is 10.6 Å². The van der Waals surface area contributed by atoms with E-state index < -0.39 is 5.54 Å². The summed E-state index contributed by atoms with van der Waals surface area (Å²) in [6.07, 6.45) is 2.17. The largest absolute Gasteiger partial charge is 0.340 e. The zero-order valence-electron chi connectivity index (χ0n) is 16.0. The molecular formula is C20H29ClN4O2. The van der Waals surface area contributed by atoms with E-state index in [0.29, 0.717) is 24.5 Å². The van der Waals surface area contributed by atoms with E-state index in [0.717, 1.165) is 51.1 Å². The Morgan fingerprint density at radius 2 is 2.04 bits per heavy atom. The van der Waals surface area contributed by atoms with Crippen LogP contribution in [0.1, 0.15) is 31.7 Å². The number of hydrogen-bond donors (Lipinski definition) is 2. The van der Waals surface area contributed by atoms with Crippen molar-refractivity contribution in [1.29, 1.82) is 0 Å². The van der Waals surface area contributed by atoms with Crippen LogP contribution >= 0.6 is 11.6 Å². The molecular weight excluding hydrogens is 364 g/mol. The fraction of sp³-hybridized carbons (Fsp3) is 0.600. The molecule has 1 atom stereocenters. The lowest BCUT2D eigenvalue weighted by Gasteiger charge is -2.33. The molecule has 0 spiro atoms. The smallest absolute Gasteiger partial charge is 0.242 e. The quantitative estimate of drug-likeness (QED) is 0.772. The Morgan fingerprint density at radius 1 is 1.26 bits per heavy atom. The van der Waals surface area contributed by atoms with Crippen molar-refractivity contribution in [3.8, 4) is 0 Å². The van der Waals surface area contributed by atoms with Crippen molar-refractivity contribution in [3.05, 3.63) is 34.9 Å². The highest BCUT2D eigenvalue weighted by atomic mass is 35.5. The van der Waals surface area contributed by atoms with Crippen LogP contribution in [0.2, 0.25) is 5.02 Å². The molecule has 2 aliphatic heterocycles. The molecule has 0 radical (unpaired) electrons. The number of benzene rings is 1. The summed E-state index contributed by atoms with van der Waals surface area (Å²) >= 11 is 6.11. The molecule has 2 aliphatic rings. The topological polar surface area (TPSA) is 64.7 Å². The van der Waals surface area contributed by atoms with Gasteiger partial charge in [-0.05, 0) is 44.0 Å². The van der Waals surface area contributed by atoms with Crippen LogP contribution in [0.25, 0.3) is 0 Å². The molecule has 27 heavy (non-hydrogen) atoms. The second-order valence-electron chi connectivity index (χ2n) is 7.60. The number of carbonyl (C=O) groups excluding carboxylic acids is 2. The van der Waals surface area contributed by atoms with Crippen molar-refractivity contribution >= 4 is 23.4 Å². The monoisotopic (exact) mass is 392 g/mol. The SMILES string of the molecule is C[C@]1(C(=O)N(CCC(=O)N2CCNCC2)Cc2cccc(Cl)c2)CCCN1. The van der Waals surface area contributed by atoms with Gasteiger partial charge in [0.2, 0.25) is 11.8 Å². The second-order valence-corrected chi connectivity index (χ2v) is 8.04. The first-order valence-corrected chi connectivity index (χ1v) is 10.1. The van der Waals surface area contributed by atoms with Crippen molar-refractivity contribution in [2.45, 2.75) is 38.3 Å². The Bertz CT molecular complexity index is 670. The molecule has 1 aromatic rings. The van der Waals surface area contributed by atoms with Crippen molar-refractivity contribution in [1.82, 2.24) is 20.4 Å². The van der Waals surface area contributed by atoms with Gasteiger partial charge >= 0.3 is 0 Å². The summed E-state index contributed by atoms with van der Waals surface area (Å²) in [5, 5.41) is 7.25. The molecule has 148 valence electrons. The lowest BCUT2D eigenvalue weighted by molar-refractivity contribution is -0.139. The first-order valence-electron chi connectivity index (χ1n) is 9.75. The molecule has 2 fully saturated rings. The molecule has 0 bridgehead atoms. The fourth-order valence-electron chi connectivity index (χ4n) is 3.84. The van der Waals surface area contributed by atoms with Crippen LogP contribution in [-0.4, -0.2) is 66.4 Å². The molecule has 0 aromatic heterocycles. The third kappa shape index (κ3) is 5.21. The molecule has 6 nitrogen and oxygen atoms in total. The fourth-order valence-corrected chi connectivity index (χ4v) is 4.05. The Kier molecular flexibility index (Phi) is 6.73. The van der Waals surface area contributed by atoms with Crippen LogP contribution in [0, 0.1) is 0 Å². The summed E-state index contributed by atoms with van der Waals surface area (Å²) in [5.74, 6) is 0.179. The molecule has 2 amide bonds. The Balaban J connectivity index is 1.68. The predicted molar refractivity (Wildman–Crippen MR) is 107 cm³/mol. The third-order valence-corrected chi connectivity index (χ3v) is 5.69. The molecule has 0 unspecified atom stereocenters. The predicted octanol–water partition coefficient (Wildman–Crippen LogP) is 1.63. The van der Waals surface area contributed by atoms with Crippen LogP contribution < -0.4 is 10.6 Å². The first-order chi connectivity index (χ1) is 13.0. The van der Waals surface area contributed by atoms with Crippen molar-refractivity contribution in [2.24, 2.45) is 0 Å². The van der Waals surface area contributed by atoms with Gasteiger partial charge < -0.3 is 20.4 Å². The summed E-state index contributed by atoms with van der Waals surface area (Å²) in [4.78, 5) is 29.5. The van der Waals surface area contributed by atoms with Gasteiger partial charge in [-0.1, -0.05) is 23.7 Å². The maximum absolute atomic E-state index is 13.2. The normalized spacial score (nSPS) is 22.7. The number of rotatable bonds is 6. The highest BCUT2D eigenvalue weighted by Gasteiger charge is 2.39. The van der Waals surface area contributed by atoms with Gasteiger partial charge in [0.25, 0.3) is 0 Å². The van der Waals surface area contributed by atoms with Gasteiger partial charge in [-0.3, -0.25) is 9.59 Å². The number of nitrogens with zero attached hydrogens (tertiary/aromatic N) is 2. The minimum atomic E-state index is -0.545. The van der Waals surface area contributed by atoms with Crippen LogP contribution in [0.3, 0.4) is 0 Å². The van der Waals surface area contributed by atoms with Crippen LogP contribution in [0.15, 0.2) is 24.3 Å². The van der Waals surface area contributed by atoms with Crippen molar-refractivity contribution in [3.63, 3.8) is 0 Å². The summed E-state index contributed by atoms with van der Waals surface area (Å²) in [7, 11) is 0. The maximum Gasteiger partial charge on any atom is 0.242 e. The van der Waals surface area contributed by atoms with Crippen molar-refractivity contribution in [2.75, 3.05) is 39.3 Å². The van der Waals surface area contributed by atoms with Crippen LogP contribution in [0.4, 0.5) is 0 Å². The Labute approximate surface area is 166 Å². The zero-order valence-corrected chi connectivity index (χ0v) is 16.7. The van der Waals surface area contributed by atoms with Gasteiger partial charge in [0.1, 0.15) is 0 Å². The summed E-state index contributed by atoms with van der Waals surface area (Å²) < 4.78 is 0. The van der Waals surface area contributed by atoms with Gasteiger partial charge in [-0.15, -0.1) is 0 Å². The minimum Gasteiger partial charge on any atom is -0.340 e. The van der Waals surface area contributed by atoms with E-state index in [1.165, 1.54) is 0 Å². The number of amides is 2. The average molecular weight is 393 g/mol. The zero-order chi connectivity index (χ0) is 19.3. The number of hydrogen-bond acceptors (Lipinski definition) is 4. The van der Waals surface area contributed by atoms with Gasteiger partial charge in [-0.25, -0.2) is 0 Å². The molecule has 1 aromatic carbocycles. The average Bonchev–Trinajstić information content (AvgIpc) is 3.13. The molecule has 2 heterocycles. The number of piperazine rings is 1. The lowest BCUT2D eigenvalue weighted by atomic mass is 9.97. The van der Waals surface area contributed by atoms with Crippen LogP contribution in [-0.2, 0) is 16.1 Å². The summed E-state index contributed by atoms with van der Waals surface area (Å²) in [5.41, 5.74) is 0.434. The molecule has 3 rings (SSSR count). The van der Waals surface area contributed by atoms with E-state index >= 15 is 0 Å². The first kappa shape index (κ1) is 20.1. The van der Waals surface area contributed by atoms with E-state index in [-0.39, 0.29) is 11.8 Å². The van der Waals surface area contributed by atoms with Gasteiger partial charge in [0, 0.05) is 50.7 Å². The molecule has 0 saturated carbocycles. The lowest BCUT2D eigenvalue weighted by Crippen LogP contribution is -2.53. The van der Waals surface area contributed by atoms with E-state index in [1.54, 1.807) is 0 Å². The Morgan fingerprint density at radius 3 is 2.70 bits per heavy atom. The number of carbonyl (C=O) groups is 2. The maximum atomic E-state index is 13.2. The van der Waals surface area contributed by atoms with E-state index in [1.807, 2.05) is 41.0 Å². The molecule has 7 heteroatoms. The molecule has 0 aliphatic carbocycles. The van der Waals surface area contributed by atoms with Crippen LogP contribution in [0.5, 0.6) is 0 Å². The van der Waals surface area contributed by atoms with Gasteiger partial charge in [-0.2, -0.15) is 0 Å². The summed E-state index contributed by atoms with van der Waals surface area (Å²) in [6.45, 7) is 6.84.